The molecule has 0 aromatic heterocycles. The maximum absolute atomic E-state index is 11.0. The van der Waals surface area contributed by atoms with Gasteiger partial charge in [-0.1, -0.05) is 13.8 Å². The Morgan fingerprint density at radius 2 is 1.56 bits per heavy atom. The SMILES string of the molecule is CC(C)(CC(=O)O)C(CCC(=O)O)C(=O)O. The van der Waals surface area contributed by atoms with E-state index in [0.717, 1.165) is 0 Å². The smallest absolute Gasteiger partial charge is 0.307 e. The molecule has 1 unspecified atom stereocenters. The Bertz CT molecular complexity index is 294. The largest absolute Gasteiger partial charge is 0.481 e. The van der Waals surface area contributed by atoms with Gasteiger partial charge in [0.2, 0.25) is 0 Å². The number of hydrogen-bond acceptors (Lipinski definition) is 3. The molecule has 16 heavy (non-hydrogen) atoms. The molecule has 6 heteroatoms. The molecule has 0 amide bonds. The van der Waals surface area contributed by atoms with Gasteiger partial charge in [-0.05, 0) is 11.8 Å². The summed E-state index contributed by atoms with van der Waals surface area (Å²) in [6, 6.07) is 0. The topological polar surface area (TPSA) is 112 Å². The van der Waals surface area contributed by atoms with Crippen molar-refractivity contribution in [2.24, 2.45) is 11.3 Å². The molecule has 92 valence electrons. The number of carboxylic acid groups (broad SMARTS) is 3. The molecule has 0 aromatic carbocycles. The van der Waals surface area contributed by atoms with Crippen molar-refractivity contribution in [3.8, 4) is 0 Å². The molecule has 0 aromatic rings. The van der Waals surface area contributed by atoms with Crippen LogP contribution >= 0.6 is 0 Å². The quantitative estimate of drug-likeness (QED) is 0.604. The van der Waals surface area contributed by atoms with Crippen LogP contribution in [0.1, 0.15) is 33.1 Å². The van der Waals surface area contributed by atoms with Gasteiger partial charge in [0.25, 0.3) is 0 Å². The fourth-order valence-corrected chi connectivity index (χ4v) is 1.63. The molecule has 0 aliphatic heterocycles. The third kappa shape index (κ3) is 4.77. The van der Waals surface area contributed by atoms with Crippen LogP contribution in [0.5, 0.6) is 0 Å². The summed E-state index contributed by atoms with van der Waals surface area (Å²) >= 11 is 0. The molecule has 0 aliphatic rings. The Morgan fingerprint density at radius 3 is 1.88 bits per heavy atom. The van der Waals surface area contributed by atoms with Crippen molar-refractivity contribution in [2.45, 2.75) is 33.1 Å². The van der Waals surface area contributed by atoms with Crippen LogP contribution in [0.25, 0.3) is 0 Å². The van der Waals surface area contributed by atoms with Gasteiger partial charge in [0.15, 0.2) is 0 Å². The second-order valence-corrected chi connectivity index (χ2v) is 4.38. The van der Waals surface area contributed by atoms with E-state index in [-0.39, 0.29) is 19.3 Å². The van der Waals surface area contributed by atoms with Crippen molar-refractivity contribution in [2.75, 3.05) is 0 Å². The molecular formula is C10H16O6. The minimum atomic E-state index is -1.16. The van der Waals surface area contributed by atoms with E-state index in [1.165, 1.54) is 13.8 Å². The zero-order valence-corrected chi connectivity index (χ0v) is 9.27. The maximum Gasteiger partial charge on any atom is 0.307 e. The lowest BCUT2D eigenvalue weighted by molar-refractivity contribution is -0.149. The Hall–Kier alpha value is -1.59. The summed E-state index contributed by atoms with van der Waals surface area (Å²) in [5.41, 5.74) is -0.965. The van der Waals surface area contributed by atoms with Crippen LogP contribution in [0.3, 0.4) is 0 Å². The molecule has 0 saturated carbocycles. The molecule has 0 radical (unpaired) electrons. The molecule has 0 fully saturated rings. The van der Waals surface area contributed by atoms with Crippen LogP contribution in [-0.4, -0.2) is 33.2 Å². The summed E-state index contributed by atoms with van der Waals surface area (Å²) in [5.74, 6) is -4.31. The van der Waals surface area contributed by atoms with Gasteiger partial charge >= 0.3 is 17.9 Å². The van der Waals surface area contributed by atoms with Gasteiger partial charge in [-0.15, -0.1) is 0 Å². The summed E-state index contributed by atoms with van der Waals surface area (Å²) in [6.45, 7) is 3.03. The van der Waals surface area contributed by atoms with E-state index in [4.69, 9.17) is 15.3 Å². The first-order valence-electron chi connectivity index (χ1n) is 4.83. The lowest BCUT2D eigenvalue weighted by Gasteiger charge is -2.29. The summed E-state index contributed by atoms with van der Waals surface area (Å²) in [6.07, 6.45) is -0.644. The molecule has 0 saturated heterocycles. The zero-order valence-electron chi connectivity index (χ0n) is 9.27. The first-order chi connectivity index (χ1) is 7.16. The molecule has 0 spiro atoms. The van der Waals surface area contributed by atoms with Gasteiger partial charge < -0.3 is 15.3 Å². The van der Waals surface area contributed by atoms with Crippen molar-refractivity contribution in [1.29, 1.82) is 0 Å². The number of rotatable bonds is 7. The number of carboxylic acids is 3. The van der Waals surface area contributed by atoms with Crippen molar-refractivity contribution in [1.82, 2.24) is 0 Å². The molecule has 0 heterocycles. The van der Waals surface area contributed by atoms with Gasteiger partial charge in [-0.2, -0.15) is 0 Å². The van der Waals surface area contributed by atoms with Crippen LogP contribution < -0.4 is 0 Å². The first-order valence-corrected chi connectivity index (χ1v) is 4.83. The second kappa shape index (κ2) is 5.48. The molecule has 6 nitrogen and oxygen atoms in total. The van der Waals surface area contributed by atoms with Crippen LogP contribution in [0.15, 0.2) is 0 Å². The highest BCUT2D eigenvalue weighted by Gasteiger charge is 2.37. The summed E-state index contributed by atoms with van der Waals surface area (Å²) in [5, 5.41) is 26.1. The van der Waals surface area contributed by atoms with E-state index in [2.05, 4.69) is 0 Å². The van der Waals surface area contributed by atoms with E-state index in [0.29, 0.717) is 0 Å². The Balaban J connectivity index is 4.68. The predicted molar refractivity (Wildman–Crippen MR) is 54.0 cm³/mol. The molecule has 1 atom stereocenters. The van der Waals surface area contributed by atoms with E-state index in [9.17, 15) is 14.4 Å². The van der Waals surface area contributed by atoms with E-state index >= 15 is 0 Å². The van der Waals surface area contributed by atoms with Crippen LogP contribution in [0.4, 0.5) is 0 Å². The highest BCUT2D eigenvalue weighted by atomic mass is 16.4. The van der Waals surface area contributed by atoms with Crippen LogP contribution in [0.2, 0.25) is 0 Å². The monoisotopic (exact) mass is 232 g/mol. The lowest BCUT2D eigenvalue weighted by atomic mass is 9.74. The normalized spacial score (nSPS) is 13.1. The lowest BCUT2D eigenvalue weighted by Crippen LogP contribution is -2.33. The van der Waals surface area contributed by atoms with E-state index in [1.807, 2.05) is 0 Å². The molecule has 0 rings (SSSR count). The van der Waals surface area contributed by atoms with Crippen LogP contribution in [-0.2, 0) is 14.4 Å². The van der Waals surface area contributed by atoms with Gasteiger partial charge in [-0.3, -0.25) is 14.4 Å². The molecule has 0 bridgehead atoms. The third-order valence-corrected chi connectivity index (χ3v) is 2.50. The van der Waals surface area contributed by atoms with Gasteiger partial charge in [0, 0.05) is 6.42 Å². The number of aliphatic carboxylic acids is 3. The average molecular weight is 232 g/mol. The van der Waals surface area contributed by atoms with Crippen molar-refractivity contribution < 1.29 is 29.7 Å². The highest BCUT2D eigenvalue weighted by Crippen LogP contribution is 2.34. The molecule has 0 aliphatic carbocycles. The summed E-state index contributed by atoms with van der Waals surface area (Å²) in [4.78, 5) is 31.9. The minimum absolute atomic E-state index is 0.0645. The van der Waals surface area contributed by atoms with Gasteiger partial charge in [0.1, 0.15) is 0 Å². The van der Waals surface area contributed by atoms with Gasteiger partial charge in [0.05, 0.1) is 12.3 Å². The van der Waals surface area contributed by atoms with Crippen molar-refractivity contribution >= 4 is 17.9 Å². The highest BCUT2D eigenvalue weighted by molar-refractivity contribution is 5.75. The molecule has 3 N–H and O–H groups in total. The average Bonchev–Trinajstić information content (AvgIpc) is 1.98. The third-order valence-electron chi connectivity index (χ3n) is 2.50. The Labute approximate surface area is 92.9 Å². The van der Waals surface area contributed by atoms with Crippen LogP contribution in [0, 0.1) is 11.3 Å². The Kier molecular flexibility index (Phi) is 4.94. The maximum atomic E-state index is 11.0. The second-order valence-electron chi connectivity index (χ2n) is 4.38. The number of carbonyl (C=O) groups is 3. The zero-order chi connectivity index (χ0) is 12.9. The summed E-state index contributed by atoms with van der Waals surface area (Å²) in [7, 11) is 0. The van der Waals surface area contributed by atoms with Crippen molar-refractivity contribution in [3.63, 3.8) is 0 Å². The first kappa shape index (κ1) is 14.4. The van der Waals surface area contributed by atoms with Gasteiger partial charge in [-0.25, -0.2) is 0 Å². The minimum Gasteiger partial charge on any atom is -0.481 e. The fraction of sp³-hybridized carbons (Fsp3) is 0.700. The number of hydrogen-bond donors (Lipinski definition) is 3. The van der Waals surface area contributed by atoms with Crippen molar-refractivity contribution in [3.05, 3.63) is 0 Å². The standard InChI is InChI=1S/C10H16O6/c1-10(2,5-8(13)14)6(9(15)16)3-4-7(11)12/h6H,3-5H2,1-2H3,(H,11,12)(H,13,14)(H,15,16). The predicted octanol–water partition coefficient (Wildman–Crippen LogP) is 1.05. The van der Waals surface area contributed by atoms with E-state index < -0.39 is 29.2 Å². The molecular weight excluding hydrogens is 216 g/mol. The Morgan fingerprint density at radius 1 is 1.06 bits per heavy atom. The van der Waals surface area contributed by atoms with E-state index in [1.54, 1.807) is 0 Å². The summed E-state index contributed by atoms with van der Waals surface area (Å²) < 4.78 is 0. The fourth-order valence-electron chi connectivity index (χ4n) is 1.63.